The van der Waals surface area contributed by atoms with Crippen LogP contribution in [0.15, 0.2) is 206 Å². The second-order valence-corrected chi connectivity index (χ2v) is 24.6. The number of carbonyl (C=O) groups is 2. The summed E-state index contributed by atoms with van der Waals surface area (Å²) in [6.45, 7) is 28.0. The van der Waals surface area contributed by atoms with Gasteiger partial charge in [0.15, 0.2) is 33.8 Å². The Morgan fingerprint density at radius 2 is 1.41 bits per heavy atom. The molecule has 2 amide bonds. The molecule has 39 heteroatoms. The average molecular weight is 1440 g/mol. The number of nitrogens with zero attached hydrogens (tertiary/aromatic N) is 25. The van der Waals surface area contributed by atoms with Crippen molar-refractivity contribution >= 4 is 133 Å². The van der Waals surface area contributed by atoms with Crippen LogP contribution >= 0.6 is 34.4 Å². The number of nitrogens with one attached hydrogen (secondary N) is 4. The van der Waals surface area contributed by atoms with Gasteiger partial charge < -0.3 is 19.6 Å². The third-order valence-corrected chi connectivity index (χ3v) is 16.0. The van der Waals surface area contributed by atoms with Gasteiger partial charge in [-0.05, 0) is 105 Å². The Bertz CT molecular complexity index is 5480. The van der Waals surface area contributed by atoms with E-state index in [0.29, 0.717) is 83.7 Å². The number of anilines is 1. The zero-order valence-electron chi connectivity index (χ0n) is 54.4. The van der Waals surface area contributed by atoms with Crippen LogP contribution in [0.1, 0.15) is 46.0 Å². The highest BCUT2D eigenvalue weighted by atomic mass is 32.2. The van der Waals surface area contributed by atoms with Gasteiger partial charge in [0.2, 0.25) is 26.8 Å². The fourth-order valence-electron chi connectivity index (χ4n) is 8.29. The number of thiazole rings is 1. The van der Waals surface area contributed by atoms with Crippen molar-refractivity contribution in [3.05, 3.63) is 214 Å². The number of aromatic nitrogens is 12. The number of para-hydroxylation sites is 1. The highest BCUT2D eigenvalue weighted by Crippen LogP contribution is 2.34. The first-order valence-electron chi connectivity index (χ1n) is 29.5. The number of fused-ring (bicyclic) bond motifs is 4. The molecule has 4 atom stereocenters. The number of hydrogen-bond donors (Lipinski definition) is 4. The number of aryl methyl sites for hydroxylation is 4. The molecule has 0 spiro atoms. The molecule has 0 saturated heterocycles. The van der Waals surface area contributed by atoms with Crippen molar-refractivity contribution in [3.63, 3.8) is 0 Å². The highest BCUT2D eigenvalue weighted by molar-refractivity contribution is 7.92. The third kappa shape index (κ3) is 20.1. The quantitative estimate of drug-likeness (QED) is 0.0486. The molecule has 8 heterocycles. The van der Waals surface area contributed by atoms with Gasteiger partial charge in [0.25, 0.3) is 0 Å². The molecular formula is C63H53N29O6S4. The molecule has 0 aliphatic heterocycles. The van der Waals surface area contributed by atoms with Crippen molar-refractivity contribution in [3.8, 4) is 17.5 Å². The first-order chi connectivity index (χ1) is 49.3. The molecule has 0 saturated carbocycles. The first-order valence-corrected chi connectivity index (χ1v) is 33.7. The molecular weight excluding hydrogens is 1390 g/mol. The summed E-state index contributed by atoms with van der Waals surface area (Å²) in [5.41, 5.74) is 7.85. The summed E-state index contributed by atoms with van der Waals surface area (Å²) in [6, 6.07) is 41.7. The van der Waals surface area contributed by atoms with Gasteiger partial charge in [-0.15, -0.1) is 47.1 Å². The second-order valence-electron chi connectivity index (χ2n) is 20.3. The van der Waals surface area contributed by atoms with E-state index in [9.17, 15) is 23.3 Å². The molecule has 0 radical (unpaired) electrons. The SMILES string of the molecule is Cc1noc(N=Nc2c(C)[nH]n3c(-c4cccc(NS(C)(=O)=O)c4)nnc23)n1.Cc1nsc(N=NC(C#N)c2nc3ccccc3s2)n1.[C-]#[N+]C(N=Nc1ccc2nc(C)oc2c1)c1ccccc1.[C-]#[N+]C(N=Nc1cccnc1)C(=O)NC.[C-]#[N+]C(N=Nc1snc2ccccc12)C(=O)NC. The molecule has 0 aliphatic rings. The van der Waals surface area contributed by atoms with Gasteiger partial charge >= 0.3 is 36.3 Å². The van der Waals surface area contributed by atoms with Crippen LogP contribution in [0.4, 0.5) is 38.9 Å². The van der Waals surface area contributed by atoms with Crippen molar-refractivity contribution in [2.75, 3.05) is 25.1 Å². The summed E-state index contributed by atoms with van der Waals surface area (Å²) in [4.78, 5) is 52.5. The van der Waals surface area contributed by atoms with E-state index in [1.54, 1.807) is 80.0 Å². The molecule has 0 aliphatic carbocycles. The summed E-state index contributed by atoms with van der Waals surface area (Å²) < 4.78 is 46.6. The lowest BCUT2D eigenvalue weighted by molar-refractivity contribution is -0.121. The Labute approximate surface area is 591 Å². The molecule has 8 aromatic heterocycles. The van der Waals surface area contributed by atoms with E-state index in [1.807, 2.05) is 91.9 Å². The smallest absolute Gasteiger partial charge is 0.410 e. The third-order valence-electron chi connectivity index (χ3n) is 12.9. The number of likely N-dealkylation sites (N-methyl/N-ethyl adjacent to an activating group) is 2. The van der Waals surface area contributed by atoms with E-state index < -0.39 is 46.4 Å². The summed E-state index contributed by atoms with van der Waals surface area (Å²) in [6.07, 6.45) is 1.29. The maximum atomic E-state index is 11.5. The topological polar surface area (TPSA) is 440 Å². The van der Waals surface area contributed by atoms with E-state index in [2.05, 4.69) is 141 Å². The number of pyridine rings is 1. The van der Waals surface area contributed by atoms with Crippen molar-refractivity contribution in [2.45, 2.75) is 52.2 Å². The summed E-state index contributed by atoms with van der Waals surface area (Å²) in [5, 5.41) is 70.8. The first kappa shape index (κ1) is 72.8. The molecule has 510 valence electrons. The molecule has 4 unspecified atom stereocenters. The van der Waals surface area contributed by atoms with Gasteiger partial charge in [0.1, 0.15) is 22.0 Å². The number of nitriles is 1. The van der Waals surface area contributed by atoms with E-state index in [4.69, 9.17) is 28.7 Å². The zero-order valence-corrected chi connectivity index (χ0v) is 57.7. The number of oxazole rings is 1. The van der Waals surface area contributed by atoms with Crippen LogP contribution in [-0.2, 0) is 19.6 Å². The molecule has 5 aromatic carbocycles. The minimum absolute atomic E-state index is 0.0375. The Hall–Kier alpha value is -13.5. The average Bonchev–Trinajstić information content (AvgIpc) is 1.62. The minimum atomic E-state index is -3.39. The van der Waals surface area contributed by atoms with Crippen LogP contribution in [0.2, 0.25) is 0 Å². The monoisotopic (exact) mass is 1440 g/mol. The van der Waals surface area contributed by atoms with Gasteiger partial charge in [0, 0.05) is 61.5 Å². The van der Waals surface area contributed by atoms with Crippen molar-refractivity contribution < 1.29 is 26.9 Å². The predicted molar refractivity (Wildman–Crippen MR) is 377 cm³/mol. The molecule has 0 fully saturated rings. The van der Waals surface area contributed by atoms with Crippen LogP contribution in [0.25, 0.3) is 63.8 Å². The molecule has 0 bridgehead atoms. The van der Waals surface area contributed by atoms with Crippen LogP contribution in [0.5, 0.6) is 0 Å². The fourth-order valence-corrected chi connectivity index (χ4v) is 11.0. The maximum Gasteiger partial charge on any atom is 0.410 e. The van der Waals surface area contributed by atoms with Crippen LogP contribution in [-0.4, -0.2) is 112 Å². The Morgan fingerprint density at radius 3 is 2.08 bits per heavy atom. The number of rotatable bonds is 17. The lowest BCUT2D eigenvalue weighted by Crippen LogP contribution is -2.27. The number of amides is 2. The number of azo groups is 5. The second kappa shape index (κ2) is 35.2. The Morgan fingerprint density at radius 1 is 0.686 bits per heavy atom. The lowest BCUT2D eigenvalue weighted by Gasteiger charge is -2.05. The summed E-state index contributed by atoms with van der Waals surface area (Å²) >= 11 is 3.79. The van der Waals surface area contributed by atoms with Gasteiger partial charge in [-0.3, -0.25) is 38.9 Å². The molecule has 35 nitrogen and oxygen atoms in total. The van der Waals surface area contributed by atoms with E-state index in [1.165, 1.54) is 43.2 Å². The normalized spacial score (nSPS) is 12.4. The van der Waals surface area contributed by atoms with E-state index in [0.717, 1.165) is 50.0 Å². The zero-order chi connectivity index (χ0) is 72.5. The van der Waals surface area contributed by atoms with Gasteiger partial charge in [-0.2, -0.15) is 24.1 Å². The maximum absolute atomic E-state index is 11.5. The molecule has 13 aromatic rings. The number of hydrogen-bond acceptors (Lipinski definition) is 30. The number of carbonyl (C=O) groups excluding carboxylic acids is 2. The van der Waals surface area contributed by atoms with Crippen molar-refractivity contribution in [2.24, 2.45) is 51.1 Å². The van der Waals surface area contributed by atoms with Crippen LogP contribution in [0.3, 0.4) is 0 Å². The summed E-state index contributed by atoms with van der Waals surface area (Å²) in [5.74, 6) is 1.27. The standard InChI is InChI=1S/C16H12N4O.C15H15N9O3S.C12H8N6S2.C11H9N5OS.C9H9N5O/c1-11-18-14-9-8-13(10-15(14)21-11)19-20-16(17-2)12-6-4-3-5-7-12;1-8-12(17-20-15-16-9(2)22-27-15)14-19-18-13(24(14)21-8)10-5-4-6-11(7-10)23-28(3,25)26;1-7-14-12(20-18-7)17-16-9(6-13)11-15-8-4-2-3-5-10(8)19-11;1-12-9(10(17)13-2)14-15-11-7-5-3-4-6-8(7)16-18-11;1-10-8(9(15)11-2)14-13-7-4-3-5-12-6-7/h3-10,16H,1H3;4-7,21,23H,1-3H3;2-5,9H,1H3;3-6,9H,2H3,(H,13,17);3-6,8H,2H3,(H,11,15). The van der Waals surface area contributed by atoms with E-state index in [-0.39, 0.29) is 6.01 Å². The van der Waals surface area contributed by atoms with Crippen LogP contribution in [0, 0.1) is 58.7 Å². The van der Waals surface area contributed by atoms with Gasteiger partial charge in [0.05, 0.1) is 51.2 Å². The number of sulfonamides is 1. The van der Waals surface area contributed by atoms with Gasteiger partial charge in [-0.25, -0.2) is 47.6 Å². The molecule has 4 N–H and O–H groups in total. The molecule has 13 rings (SSSR count). The van der Waals surface area contributed by atoms with Crippen molar-refractivity contribution in [1.82, 2.24) is 69.3 Å². The number of H-pyrrole nitrogens is 1. The fraction of sp³-hybridized carbons (Fsp3) is 0.175. The number of aromatic amines is 1. The van der Waals surface area contributed by atoms with E-state index >= 15 is 0 Å². The number of benzene rings is 5. The van der Waals surface area contributed by atoms with Gasteiger partial charge in [-0.1, -0.05) is 80.2 Å². The predicted octanol–water partition coefficient (Wildman–Crippen LogP) is 14.7. The highest BCUT2D eigenvalue weighted by Gasteiger charge is 2.23. The lowest BCUT2D eigenvalue weighted by atomic mass is 10.2. The van der Waals surface area contributed by atoms with Crippen molar-refractivity contribution in [1.29, 1.82) is 5.26 Å². The van der Waals surface area contributed by atoms with Crippen LogP contribution < -0.4 is 15.4 Å². The Balaban J connectivity index is 0.000000151. The Kier molecular flexibility index (Phi) is 25.1. The minimum Gasteiger partial charge on any atom is -0.441 e. The molecule has 102 heavy (non-hydrogen) atoms. The largest absolute Gasteiger partial charge is 0.441 e. The summed E-state index contributed by atoms with van der Waals surface area (Å²) in [7, 11) is -0.487.